The molecule has 0 atom stereocenters. The molecule has 160 valence electrons. The minimum absolute atomic E-state index is 0. The molecule has 0 bridgehead atoms. The number of halogens is 2. The van der Waals surface area contributed by atoms with E-state index in [4.69, 9.17) is 4.74 Å². The maximum atomic E-state index is 10.9. The van der Waals surface area contributed by atoms with Crippen LogP contribution < -0.4 is 24.8 Å². The van der Waals surface area contributed by atoms with Gasteiger partial charge < -0.3 is 38.5 Å². The molecule has 1 rings (SSSR count). The highest BCUT2D eigenvalue weighted by molar-refractivity contribution is 5.81. The summed E-state index contributed by atoms with van der Waals surface area (Å²) in [6.45, 7) is 14.9. The number of likely N-dealkylation sites (N-methyl/N-ethyl adjacent to an activating group) is 2. The topological polar surface area (TPSA) is 26.3 Å². The third-order valence-electron chi connectivity index (χ3n) is 3.81. The average Bonchev–Trinajstić information content (AvgIpc) is 2.55. The summed E-state index contributed by atoms with van der Waals surface area (Å²) < 4.78 is 6.73. The van der Waals surface area contributed by atoms with Crippen molar-refractivity contribution < 1.29 is 43.3 Å². The number of ether oxygens (including phenoxy) is 1. The smallest absolute Gasteiger partial charge is 0.330 e. The predicted molar refractivity (Wildman–Crippen MR) is 111 cm³/mol. The third kappa shape index (κ3) is 16.6. The largest absolute Gasteiger partial charge is 1.00 e. The fourth-order valence-electron chi connectivity index (χ4n) is 2.38. The van der Waals surface area contributed by atoms with E-state index in [-0.39, 0.29) is 30.8 Å². The minimum atomic E-state index is -0.357. The second-order valence-corrected chi connectivity index (χ2v) is 7.55. The van der Waals surface area contributed by atoms with Crippen LogP contribution in [-0.2, 0) is 16.1 Å². The summed E-state index contributed by atoms with van der Waals surface area (Å²) in [6, 6.07) is 10.3. The SMILES string of the molecule is C=CC(=O)OCC[N+](C)(C)Cc1ccccc1.C=CC[N+](C)(C)CC=C.[Cl-].[Cl-]. The van der Waals surface area contributed by atoms with Crippen LogP contribution in [0.2, 0.25) is 0 Å². The summed E-state index contributed by atoms with van der Waals surface area (Å²) in [7, 11) is 8.55. The van der Waals surface area contributed by atoms with Crippen molar-refractivity contribution in [1.82, 2.24) is 0 Å². The molecule has 0 aromatic heterocycles. The molecular weight excluding hydrogens is 395 g/mol. The van der Waals surface area contributed by atoms with Crippen LogP contribution in [0.1, 0.15) is 5.56 Å². The maximum absolute atomic E-state index is 10.9. The van der Waals surface area contributed by atoms with Crippen LogP contribution in [0.3, 0.4) is 0 Å². The van der Waals surface area contributed by atoms with Gasteiger partial charge in [-0.3, -0.25) is 0 Å². The number of quaternary nitrogens is 2. The van der Waals surface area contributed by atoms with E-state index in [9.17, 15) is 4.79 Å². The van der Waals surface area contributed by atoms with E-state index in [1.165, 1.54) is 11.6 Å². The summed E-state index contributed by atoms with van der Waals surface area (Å²) in [5, 5.41) is 0. The van der Waals surface area contributed by atoms with Crippen molar-refractivity contribution >= 4 is 5.97 Å². The van der Waals surface area contributed by atoms with Crippen LogP contribution >= 0.6 is 0 Å². The van der Waals surface area contributed by atoms with Gasteiger partial charge in [0.25, 0.3) is 0 Å². The lowest BCUT2D eigenvalue weighted by molar-refractivity contribution is -0.903. The Kier molecular flexibility index (Phi) is 18.2. The van der Waals surface area contributed by atoms with E-state index in [0.29, 0.717) is 6.61 Å². The lowest BCUT2D eigenvalue weighted by atomic mass is 10.2. The molecule has 6 heteroatoms. The lowest BCUT2D eigenvalue weighted by Crippen LogP contribution is -3.00. The fourth-order valence-corrected chi connectivity index (χ4v) is 2.38. The Bertz CT molecular complexity index is 561. The first-order valence-corrected chi connectivity index (χ1v) is 8.84. The van der Waals surface area contributed by atoms with Crippen LogP contribution in [0.15, 0.2) is 68.3 Å². The van der Waals surface area contributed by atoms with E-state index in [1.807, 2.05) is 30.4 Å². The van der Waals surface area contributed by atoms with Crippen LogP contribution in [0.4, 0.5) is 0 Å². The van der Waals surface area contributed by atoms with Crippen molar-refractivity contribution in [3.05, 3.63) is 73.9 Å². The molecule has 28 heavy (non-hydrogen) atoms. The number of carbonyl (C=O) groups is 1. The summed E-state index contributed by atoms with van der Waals surface area (Å²) >= 11 is 0. The first-order chi connectivity index (χ1) is 12.2. The van der Waals surface area contributed by atoms with Gasteiger partial charge in [-0.05, 0) is 12.2 Å². The van der Waals surface area contributed by atoms with Gasteiger partial charge in [0.05, 0.1) is 41.3 Å². The monoisotopic (exact) mass is 430 g/mol. The van der Waals surface area contributed by atoms with Gasteiger partial charge in [0.15, 0.2) is 0 Å². The van der Waals surface area contributed by atoms with Crippen molar-refractivity contribution in [1.29, 1.82) is 0 Å². The number of nitrogens with zero attached hydrogens (tertiary/aromatic N) is 2. The highest BCUT2D eigenvalue weighted by Crippen LogP contribution is 2.08. The highest BCUT2D eigenvalue weighted by Gasteiger charge is 2.16. The molecule has 4 nitrogen and oxygen atoms in total. The number of esters is 1. The van der Waals surface area contributed by atoms with E-state index in [0.717, 1.165) is 35.1 Å². The molecule has 0 N–H and O–H groups in total. The molecule has 0 aliphatic heterocycles. The van der Waals surface area contributed by atoms with Crippen molar-refractivity contribution in [3.8, 4) is 0 Å². The van der Waals surface area contributed by atoms with Crippen LogP contribution in [0.5, 0.6) is 0 Å². The molecule has 0 amide bonds. The fraction of sp³-hybridized carbons (Fsp3) is 0.409. The van der Waals surface area contributed by atoms with Crippen molar-refractivity contribution in [3.63, 3.8) is 0 Å². The first kappa shape index (κ1) is 31.1. The minimum Gasteiger partial charge on any atom is -1.00 e. The zero-order valence-electron chi connectivity index (χ0n) is 17.7. The Hall–Kier alpha value is -1.59. The molecule has 0 saturated heterocycles. The molecule has 0 radical (unpaired) electrons. The Balaban J connectivity index is -0.000000492. The molecule has 0 saturated carbocycles. The Morgan fingerprint density at radius 2 is 1.43 bits per heavy atom. The van der Waals surface area contributed by atoms with E-state index in [1.54, 1.807) is 0 Å². The molecule has 0 fully saturated rings. The molecular formula is C22H36Cl2N2O2. The zero-order chi connectivity index (χ0) is 20.1. The van der Waals surface area contributed by atoms with Crippen molar-refractivity contribution in [2.45, 2.75) is 6.54 Å². The number of hydrogen-bond donors (Lipinski definition) is 0. The number of rotatable bonds is 10. The zero-order valence-corrected chi connectivity index (χ0v) is 19.3. The average molecular weight is 431 g/mol. The molecule has 1 aromatic carbocycles. The molecule has 0 spiro atoms. The van der Waals surface area contributed by atoms with Gasteiger partial charge >= 0.3 is 5.97 Å². The van der Waals surface area contributed by atoms with Gasteiger partial charge in [0, 0.05) is 11.6 Å². The van der Waals surface area contributed by atoms with Gasteiger partial charge in [-0.2, -0.15) is 0 Å². The van der Waals surface area contributed by atoms with Crippen molar-refractivity contribution in [2.75, 3.05) is 54.4 Å². The van der Waals surface area contributed by atoms with E-state index in [2.05, 4.69) is 60.1 Å². The summed E-state index contributed by atoms with van der Waals surface area (Å²) in [5.74, 6) is -0.357. The molecule has 0 heterocycles. The lowest BCUT2D eigenvalue weighted by Gasteiger charge is -2.29. The first-order valence-electron chi connectivity index (χ1n) is 8.84. The Labute approximate surface area is 184 Å². The van der Waals surface area contributed by atoms with E-state index < -0.39 is 0 Å². The van der Waals surface area contributed by atoms with Crippen LogP contribution in [0.25, 0.3) is 0 Å². The number of benzene rings is 1. The number of carbonyl (C=O) groups excluding carboxylic acids is 1. The standard InChI is InChI=1S/C14H20NO2.C8H16N.2ClH/c1-4-14(16)17-11-10-15(2,3)12-13-8-6-5-7-9-13;1-5-7-9(3,4)8-6-2;;/h4-9H,1,10-12H2,2-3H3;5-6H,1-2,7-8H2,3-4H3;2*1H/q2*+1;;/p-2. The van der Waals surface area contributed by atoms with Gasteiger partial charge in [-0.1, -0.05) is 50.1 Å². The van der Waals surface area contributed by atoms with Crippen LogP contribution in [0, 0.1) is 0 Å². The Morgan fingerprint density at radius 3 is 1.86 bits per heavy atom. The van der Waals surface area contributed by atoms with Gasteiger partial charge in [-0.15, -0.1) is 0 Å². The maximum Gasteiger partial charge on any atom is 0.330 e. The summed E-state index contributed by atoms with van der Waals surface area (Å²) in [4.78, 5) is 10.9. The normalized spacial score (nSPS) is 10.1. The van der Waals surface area contributed by atoms with E-state index >= 15 is 0 Å². The molecule has 0 aliphatic carbocycles. The Morgan fingerprint density at radius 1 is 0.929 bits per heavy atom. The van der Waals surface area contributed by atoms with Gasteiger partial charge in [0.1, 0.15) is 19.7 Å². The second-order valence-electron chi connectivity index (χ2n) is 7.55. The molecule has 0 aliphatic rings. The van der Waals surface area contributed by atoms with Crippen molar-refractivity contribution in [2.24, 2.45) is 0 Å². The van der Waals surface area contributed by atoms with Crippen LogP contribution in [-0.4, -0.2) is 69.4 Å². The predicted octanol–water partition coefficient (Wildman–Crippen LogP) is -2.56. The summed E-state index contributed by atoms with van der Waals surface area (Å²) in [5.41, 5.74) is 1.28. The number of hydrogen-bond acceptors (Lipinski definition) is 2. The highest BCUT2D eigenvalue weighted by atomic mass is 35.5. The summed E-state index contributed by atoms with van der Waals surface area (Å²) in [6.07, 6.45) is 5.06. The van der Waals surface area contributed by atoms with Gasteiger partial charge in [0.2, 0.25) is 0 Å². The molecule has 1 aromatic rings. The second kappa shape index (κ2) is 16.4. The van der Waals surface area contributed by atoms with Gasteiger partial charge in [-0.25, -0.2) is 4.79 Å². The quantitative estimate of drug-likeness (QED) is 0.176. The molecule has 0 unspecified atom stereocenters. The third-order valence-corrected chi connectivity index (χ3v) is 3.81.